The SMILES string of the molecule is [2H]C1([2H])C(F)(F)C([2H])(C)C([2H])([2H])[C@]([2H])(C)C1([2H])[2H]. The summed E-state index contributed by atoms with van der Waals surface area (Å²) in [6.07, 6.45) is -10.5. The van der Waals surface area contributed by atoms with Gasteiger partial charge in [-0.3, -0.25) is 0 Å². The minimum Gasteiger partial charge on any atom is -0.207 e. The fourth-order valence-corrected chi connectivity index (χ4v) is 0.657. The van der Waals surface area contributed by atoms with E-state index in [4.69, 9.17) is 11.0 Å². The number of rotatable bonds is 0. The van der Waals surface area contributed by atoms with E-state index >= 15 is 0 Å². The zero-order valence-corrected chi connectivity index (χ0v) is 5.76. The second-order valence-corrected chi connectivity index (χ2v) is 2.20. The van der Waals surface area contributed by atoms with Crippen molar-refractivity contribution in [1.82, 2.24) is 0 Å². The molecule has 0 amide bonds. The van der Waals surface area contributed by atoms with Gasteiger partial charge in [0.25, 0.3) is 5.92 Å². The fraction of sp³-hybridized carbons (Fsp3) is 1.00. The molecule has 1 fully saturated rings. The van der Waals surface area contributed by atoms with Crippen LogP contribution in [0, 0.1) is 11.8 Å². The van der Waals surface area contributed by atoms with Gasteiger partial charge in [0.1, 0.15) is 0 Å². The van der Waals surface area contributed by atoms with E-state index in [1.807, 2.05) is 0 Å². The summed E-state index contributed by atoms with van der Waals surface area (Å²) in [6.45, 7) is 1.19. The molecule has 0 nitrogen and oxygen atoms in total. The summed E-state index contributed by atoms with van der Waals surface area (Å²) in [6, 6.07) is 0. The van der Waals surface area contributed by atoms with E-state index in [1.165, 1.54) is 0 Å². The Morgan fingerprint density at radius 2 is 2.20 bits per heavy atom. The third-order valence-corrected chi connectivity index (χ3v) is 1.25. The third kappa shape index (κ3) is 1.47. The molecule has 2 atom stereocenters. The molecule has 1 aliphatic rings. The molecule has 1 rings (SSSR count). The highest BCUT2D eigenvalue weighted by molar-refractivity contribution is 4.81. The Hall–Kier alpha value is -0.140. The summed E-state index contributed by atoms with van der Waals surface area (Å²) in [5.41, 5.74) is 0. The van der Waals surface area contributed by atoms with Crippen LogP contribution in [0.15, 0.2) is 0 Å². The van der Waals surface area contributed by atoms with Gasteiger partial charge in [-0.05, 0) is 18.6 Å². The predicted molar refractivity (Wildman–Crippen MR) is 37.1 cm³/mol. The van der Waals surface area contributed by atoms with E-state index in [0.29, 0.717) is 13.8 Å². The highest BCUT2D eigenvalue weighted by Crippen LogP contribution is 2.40. The molecule has 0 bridgehead atoms. The van der Waals surface area contributed by atoms with Crippen molar-refractivity contribution < 1.29 is 19.7 Å². The molecular weight excluding hydrogens is 134 g/mol. The normalized spacial score (nSPS) is 81.2. The van der Waals surface area contributed by atoms with Crippen LogP contribution < -0.4 is 0 Å². The summed E-state index contributed by atoms with van der Waals surface area (Å²) in [5.74, 6) is -10.7. The van der Waals surface area contributed by atoms with Gasteiger partial charge in [-0.25, -0.2) is 8.78 Å². The zero-order chi connectivity index (χ0) is 15.0. The largest absolute Gasteiger partial charge is 0.250 e. The molecule has 1 aliphatic carbocycles. The first-order valence-corrected chi connectivity index (χ1v) is 2.88. The zero-order valence-electron chi connectivity index (χ0n) is 13.8. The van der Waals surface area contributed by atoms with E-state index in [2.05, 4.69) is 0 Å². The van der Waals surface area contributed by atoms with E-state index in [-0.39, 0.29) is 0 Å². The lowest BCUT2D eigenvalue weighted by molar-refractivity contribution is -0.0888. The quantitative estimate of drug-likeness (QED) is 0.505. The molecular formula is C8H14F2. The van der Waals surface area contributed by atoms with Crippen LogP contribution in [0.1, 0.15) is 43.9 Å². The van der Waals surface area contributed by atoms with Gasteiger partial charge in [0, 0.05) is 23.2 Å². The fourth-order valence-electron chi connectivity index (χ4n) is 0.657. The van der Waals surface area contributed by atoms with Crippen molar-refractivity contribution in [3.05, 3.63) is 0 Å². The average molecular weight is 156 g/mol. The predicted octanol–water partition coefficient (Wildman–Crippen LogP) is 3.08. The molecule has 0 aromatic heterocycles. The van der Waals surface area contributed by atoms with Gasteiger partial charge in [-0.1, -0.05) is 13.8 Å². The van der Waals surface area contributed by atoms with Crippen molar-refractivity contribution in [2.24, 2.45) is 11.8 Å². The molecule has 0 aromatic carbocycles. The average Bonchev–Trinajstić information content (AvgIpc) is 2.14. The lowest BCUT2D eigenvalue weighted by atomic mass is 9.81. The van der Waals surface area contributed by atoms with Crippen molar-refractivity contribution in [2.75, 3.05) is 0 Å². The number of hydrogen-bond donors (Lipinski definition) is 0. The summed E-state index contributed by atoms with van der Waals surface area (Å²) in [7, 11) is 0. The van der Waals surface area contributed by atoms with Crippen LogP contribution in [0.3, 0.4) is 0 Å². The van der Waals surface area contributed by atoms with Crippen LogP contribution >= 0.6 is 0 Å². The number of hydrogen-bond acceptors (Lipinski definition) is 0. The Morgan fingerprint density at radius 3 is 2.80 bits per heavy atom. The minimum atomic E-state index is -4.58. The molecule has 0 saturated heterocycles. The summed E-state index contributed by atoms with van der Waals surface area (Å²) >= 11 is 0. The summed E-state index contributed by atoms with van der Waals surface area (Å²) < 4.78 is 87.5. The molecule has 0 heterocycles. The van der Waals surface area contributed by atoms with Crippen molar-refractivity contribution >= 4 is 0 Å². The Kier molecular flexibility index (Phi) is 0.601. The second kappa shape index (κ2) is 2.48. The third-order valence-electron chi connectivity index (χ3n) is 1.25. The van der Waals surface area contributed by atoms with Gasteiger partial charge >= 0.3 is 0 Å². The van der Waals surface area contributed by atoms with Crippen LogP contribution in [0.2, 0.25) is 0 Å². The lowest BCUT2D eigenvalue weighted by Gasteiger charge is -2.32. The van der Waals surface area contributed by atoms with E-state index < -0.39 is 36.8 Å². The highest BCUT2D eigenvalue weighted by atomic mass is 19.3. The van der Waals surface area contributed by atoms with Crippen LogP contribution in [0.5, 0.6) is 0 Å². The standard InChI is InChI=1S/C8H14F2/c1-6-3-4-8(9,10)7(2)5-6/h6-7H,3-5H2,1-2H3/t6-,7?/m1/s1/i3D2,4D2,5D2,6D,7D. The van der Waals surface area contributed by atoms with E-state index in [9.17, 15) is 8.78 Å². The maximum atomic E-state index is 14.0. The van der Waals surface area contributed by atoms with Gasteiger partial charge in [-0.15, -0.1) is 0 Å². The van der Waals surface area contributed by atoms with Gasteiger partial charge in [0.15, 0.2) is 0 Å². The maximum absolute atomic E-state index is 14.0. The topological polar surface area (TPSA) is 0 Å². The van der Waals surface area contributed by atoms with Gasteiger partial charge in [-0.2, -0.15) is 0 Å². The van der Waals surface area contributed by atoms with Crippen LogP contribution in [0.25, 0.3) is 0 Å². The van der Waals surface area contributed by atoms with Crippen molar-refractivity contribution in [2.45, 2.75) is 38.9 Å². The van der Waals surface area contributed by atoms with Crippen LogP contribution in [-0.4, -0.2) is 5.92 Å². The smallest absolute Gasteiger partial charge is 0.207 e. The number of alkyl halides is 2. The molecule has 0 aliphatic heterocycles. The highest BCUT2D eigenvalue weighted by Gasteiger charge is 2.40. The van der Waals surface area contributed by atoms with Gasteiger partial charge < -0.3 is 0 Å². The summed E-state index contributed by atoms with van der Waals surface area (Å²) in [4.78, 5) is 0. The lowest BCUT2D eigenvalue weighted by Crippen LogP contribution is -2.32. The Bertz CT molecular complexity index is 256. The molecule has 0 spiro atoms. The van der Waals surface area contributed by atoms with Crippen molar-refractivity contribution in [3.8, 4) is 0 Å². The van der Waals surface area contributed by atoms with Crippen molar-refractivity contribution in [1.29, 1.82) is 0 Å². The van der Waals surface area contributed by atoms with Crippen LogP contribution in [0.4, 0.5) is 8.78 Å². The van der Waals surface area contributed by atoms with Crippen LogP contribution in [-0.2, 0) is 0 Å². The molecule has 1 unspecified atom stereocenters. The Morgan fingerprint density at radius 1 is 1.60 bits per heavy atom. The molecule has 1 saturated carbocycles. The monoisotopic (exact) mass is 156 g/mol. The molecule has 60 valence electrons. The Balaban J connectivity index is 3.72. The molecule has 2 heteroatoms. The minimum absolute atomic E-state index is 0.493. The van der Waals surface area contributed by atoms with E-state index in [0.717, 1.165) is 0 Å². The first kappa shape index (κ1) is 2.43. The number of halogens is 2. The molecule has 0 radical (unpaired) electrons. The van der Waals surface area contributed by atoms with E-state index in [1.54, 1.807) is 0 Å². The molecule has 0 aromatic rings. The Labute approximate surface area is 71.9 Å². The molecule has 10 heavy (non-hydrogen) atoms. The van der Waals surface area contributed by atoms with Gasteiger partial charge in [0.2, 0.25) is 0 Å². The van der Waals surface area contributed by atoms with Gasteiger partial charge in [0.05, 0.1) is 0 Å². The molecule has 0 N–H and O–H groups in total. The maximum Gasteiger partial charge on any atom is 0.250 e. The first-order valence-electron chi connectivity index (χ1n) is 6.88. The summed E-state index contributed by atoms with van der Waals surface area (Å²) in [5, 5.41) is 0. The second-order valence-electron chi connectivity index (χ2n) is 2.20. The van der Waals surface area contributed by atoms with Crippen molar-refractivity contribution in [3.63, 3.8) is 0 Å². The first-order chi connectivity index (χ1) is 7.50.